The number of benzene rings is 3. The molecule has 0 bridgehead atoms. The van der Waals surface area contributed by atoms with Gasteiger partial charge in [0.15, 0.2) is 10.6 Å². The smallest absolute Gasteiger partial charge is 0.246 e. The van der Waals surface area contributed by atoms with Gasteiger partial charge in [-0.2, -0.15) is 0 Å². The Morgan fingerprint density at radius 1 is 0.969 bits per heavy atom. The predicted octanol–water partition coefficient (Wildman–Crippen LogP) is 4.93. The van der Waals surface area contributed by atoms with Gasteiger partial charge >= 0.3 is 0 Å². The van der Waals surface area contributed by atoms with Gasteiger partial charge in [-0.05, 0) is 36.4 Å². The number of nitrogens with one attached hydrogen (secondary N) is 1. The second kappa shape index (κ2) is 8.28. The van der Waals surface area contributed by atoms with Gasteiger partial charge in [0.05, 0.1) is 23.8 Å². The van der Waals surface area contributed by atoms with Gasteiger partial charge in [0.2, 0.25) is 5.91 Å². The van der Waals surface area contributed by atoms with Crippen molar-refractivity contribution in [3.05, 3.63) is 88.4 Å². The molecule has 1 N–H and O–H groups in total. The van der Waals surface area contributed by atoms with Crippen molar-refractivity contribution in [3.8, 4) is 17.0 Å². The lowest BCUT2D eigenvalue weighted by Gasteiger charge is -2.14. The molecule has 5 aromatic rings. The van der Waals surface area contributed by atoms with Crippen molar-refractivity contribution in [2.24, 2.45) is 0 Å². The molecule has 0 aliphatic carbocycles. The van der Waals surface area contributed by atoms with Gasteiger partial charge in [-0.3, -0.25) is 9.59 Å². The number of hydrogen-bond donors (Lipinski definition) is 1. The Kier molecular flexibility index (Phi) is 5.17. The molecule has 7 heteroatoms. The van der Waals surface area contributed by atoms with Crippen LogP contribution in [0, 0.1) is 0 Å². The molecule has 0 atom stereocenters. The second-order valence-electron chi connectivity index (χ2n) is 7.24. The number of fused-ring (bicyclic) bond motifs is 2. The Labute approximate surface area is 187 Å². The Bertz CT molecular complexity index is 1460. The van der Waals surface area contributed by atoms with E-state index in [-0.39, 0.29) is 17.9 Å². The number of para-hydroxylation sites is 3. The lowest BCUT2D eigenvalue weighted by Crippen LogP contribution is -2.21. The first-order valence-corrected chi connectivity index (χ1v) is 10.9. The Balaban J connectivity index is 1.47. The van der Waals surface area contributed by atoms with Crippen LogP contribution in [0.5, 0.6) is 5.75 Å². The van der Waals surface area contributed by atoms with Gasteiger partial charge in [0.25, 0.3) is 0 Å². The fourth-order valence-electron chi connectivity index (χ4n) is 3.86. The first kappa shape index (κ1) is 20.0. The van der Waals surface area contributed by atoms with E-state index >= 15 is 0 Å². The molecule has 3 aromatic carbocycles. The fourth-order valence-corrected chi connectivity index (χ4v) is 4.59. The van der Waals surface area contributed by atoms with E-state index in [2.05, 4.69) is 10.3 Å². The highest BCUT2D eigenvalue weighted by atomic mass is 32.1. The minimum atomic E-state index is -0.218. The number of nitrogens with zero attached hydrogens (tertiary/aromatic N) is 2. The van der Waals surface area contributed by atoms with Crippen molar-refractivity contribution in [2.45, 2.75) is 6.54 Å². The van der Waals surface area contributed by atoms with E-state index in [0.29, 0.717) is 15.9 Å². The minimum Gasteiger partial charge on any atom is -0.496 e. The van der Waals surface area contributed by atoms with Crippen LogP contribution < -0.4 is 15.5 Å². The van der Waals surface area contributed by atoms with Crippen molar-refractivity contribution in [2.75, 3.05) is 12.4 Å². The van der Waals surface area contributed by atoms with Gasteiger partial charge in [0, 0.05) is 21.7 Å². The van der Waals surface area contributed by atoms with Gasteiger partial charge in [-0.25, -0.2) is 4.98 Å². The summed E-state index contributed by atoms with van der Waals surface area (Å²) in [5, 5.41) is 6.46. The number of rotatable bonds is 5. The number of methoxy groups -OCH3 is 1. The van der Waals surface area contributed by atoms with E-state index in [0.717, 1.165) is 28.0 Å². The number of aromatic nitrogens is 2. The maximum Gasteiger partial charge on any atom is 0.246 e. The summed E-state index contributed by atoms with van der Waals surface area (Å²) in [4.78, 5) is 30.4. The molecule has 1 amide bonds. The molecule has 6 nitrogen and oxygen atoms in total. The number of thiazole rings is 1. The maximum absolute atomic E-state index is 13.0. The monoisotopic (exact) mass is 441 g/mol. The van der Waals surface area contributed by atoms with E-state index < -0.39 is 0 Å². The lowest BCUT2D eigenvalue weighted by atomic mass is 10.1. The second-order valence-corrected chi connectivity index (χ2v) is 8.09. The summed E-state index contributed by atoms with van der Waals surface area (Å²) < 4.78 is 7.28. The molecule has 0 unspecified atom stereocenters. The molecule has 2 aromatic heterocycles. The lowest BCUT2D eigenvalue weighted by molar-refractivity contribution is -0.116. The zero-order valence-electron chi connectivity index (χ0n) is 17.2. The highest BCUT2D eigenvalue weighted by Gasteiger charge is 2.15. The van der Waals surface area contributed by atoms with Crippen LogP contribution in [-0.2, 0) is 11.3 Å². The predicted molar refractivity (Wildman–Crippen MR) is 128 cm³/mol. The van der Waals surface area contributed by atoms with Crippen molar-refractivity contribution in [1.82, 2.24) is 9.55 Å². The summed E-state index contributed by atoms with van der Waals surface area (Å²) in [7, 11) is 1.62. The van der Waals surface area contributed by atoms with Gasteiger partial charge in [0.1, 0.15) is 12.3 Å². The highest BCUT2D eigenvalue weighted by Crippen LogP contribution is 2.32. The minimum absolute atomic E-state index is 0.0331. The number of hydrogen-bond acceptors (Lipinski definition) is 5. The summed E-state index contributed by atoms with van der Waals surface area (Å²) >= 11 is 1.35. The normalized spacial score (nSPS) is 11.0. The molecule has 2 heterocycles. The number of carbonyl (C=O) groups is 1. The molecule has 5 rings (SSSR count). The third-order valence-corrected chi connectivity index (χ3v) is 6.07. The van der Waals surface area contributed by atoms with Crippen LogP contribution in [0.3, 0.4) is 0 Å². The fraction of sp³-hybridized carbons (Fsp3) is 0.0800. The SMILES string of the molecule is COc1ccccc1-c1csc(NC(=O)Cn2c3ccccc3c(=O)c3ccccc32)n1. The number of pyridine rings is 1. The Morgan fingerprint density at radius 2 is 1.59 bits per heavy atom. The quantitative estimate of drug-likeness (QED) is 0.393. The first-order valence-electron chi connectivity index (χ1n) is 10.0. The Morgan fingerprint density at radius 3 is 2.28 bits per heavy atom. The molecule has 0 fully saturated rings. The van der Waals surface area contributed by atoms with Crippen LogP contribution in [0.2, 0.25) is 0 Å². The van der Waals surface area contributed by atoms with E-state index in [9.17, 15) is 9.59 Å². The number of ether oxygens (including phenoxy) is 1. The van der Waals surface area contributed by atoms with Crippen molar-refractivity contribution in [1.29, 1.82) is 0 Å². The zero-order valence-corrected chi connectivity index (χ0v) is 18.1. The van der Waals surface area contributed by atoms with Gasteiger partial charge in [-0.1, -0.05) is 36.4 Å². The molecule has 0 aliphatic heterocycles. The van der Waals surface area contributed by atoms with Crippen molar-refractivity contribution in [3.63, 3.8) is 0 Å². The average Bonchev–Trinajstić information content (AvgIpc) is 3.30. The van der Waals surface area contributed by atoms with Crippen LogP contribution >= 0.6 is 11.3 Å². The first-order chi connectivity index (χ1) is 15.7. The standard InChI is InChI=1S/C25H19N3O3S/c1-31-22-13-7-4-8-16(22)19-15-32-25(26-19)27-23(29)14-28-20-11-5-2-9-17(20)24(30)18-10-3-6-12-21(18)28/h2-13,15H,14H2,1H3,(H,26,27,29). The van der Waals surface area contributed by atoms with E-state index in [1.165, 1.54) is 11.3 Å². The number of anilines is 1. The largest absolute Gasteiger partial charge is 0.496 e. The summed E-state index contributed by atoms with van der Waals surface area (Å²) in [6.45, 7) is 0.0604. The molecule has 32 heavy (non-hydrogen) atoms. The topological polar surface area (TPSA) is 73.2 Å². The van der Waals surface area contributed by atoms with Crippen LogP contribution in [-0.4, -0.2) is 22.6 Å². The van der Waals surface area contributed by atoms with E-state index in [4.69, 9.17) is 4.74 Å². The molecule has 0 aliphatic rings. The maximum atomic E-state index is 13.0. The highest BCUT2D eigenvalue weighted by molar-refractivity contribution is 7.14. The van der Waals surface area contributed by atoms with Crippen LogP contribution in [0.4, 0.5) is 5.13 Å². The summed E-state index contributed by atoms with van der Waals surface area (Å²) in [6.07, 6.45) is 0. The van der Waals surface area contributed by atoms with Gasteiger partial charge < -0.3 is 14.6 Å². The summed E-state index contributed by atoms with van der Waals surface area (Å²) in [5.74, 6) is 0.506. The van der Waals surface area contributed by atoms with Crippen LogP contribution in [0.1, 0.15) is 0 Å². The molecule has 0 saturated carbocycles. The molecule has 0 spiro atoms. The van der Waals surface area contributed by atoms with Crippen LogP contribution in [0.15, 0.2) is 83.0 Å². The molecular formula is C25H19N3O3S. The molecule has 0 saturated heterocycles. The van der Waals surface area contributed by atoms with Crippen LogP contribution in [0.25, 0.3) is 33.1 Å². The molecule has 0 radical (unpaired) electrons. The van der Waals surface area contributed by atoms with Gasteiger partial charge in [-0.15, -0.1) is 11.3 Å². The van der Waals surface area contributed by atoms with E-state index in [1.807, 2.05) is 70.6 Å². The summed E-state index contributed by atoms with van der Waals surface area (Å²) in [6, 6.07) is 22.3. The number of amides is 1. The zero-order chi connectivity index (χ0) is 22.1. The van der Waals surface area contributed by atoms with Crippen molar-refractivity contribution >= 4 is 44.2 Å². The Hall–Kier alpha value is -3.97. The summed E-state index contributed by atoms with van der Waals surface area (Å²) in [5.41, 5.74) is 3.01. The van der Waals surface area contributed by atoms with Crippen molar-refractivity contribution < 1.29 is 9.53 Å². The number of carbonyl (C=O) groups excluding carboxylic acids is 1. The molecular weight excluding hydrogens is 422 g/mol. The van der Waals surface area contributed by atoms with E-state index in [1.54, 1.807) is 19.2 Å². The third-order valence-electron chi connectivity index (χ3n) is 5.31. The molecule has 158 valence electrons. The third kappa shape index (κ3) is 3.52. The average molecular weight is 442 g/mol.